The number of nitrogens with one attached hydrogen (secondary N) is 1. The van der Waals surface area contributed by atoms with E-state index in [-0.39, 0.29) is 0 Å². The molecule has 1 rings (SSSR count). The molecule has 0 saturated carbocycles. The minimum atomic E-state index is 1.12. The number of nitrogens with zero attached hydrogens (tertiary/aromatic N) is 1. The minimum Gasteiger partial charge on any atom is -0.346 e. The number of unbranched alkanes of at least 4 members (excludes halogenated alkanes) is 14. The lowest BCUT2D eigenvalue weighted by Gasteiger charge is -2.03. The summed E-state index contributed by atoms with van der Waals surface area (Å²) in [7, 11) is 0. The van der Waals surface area contributed by atoms with Crippen LogP contribution in [0.3, 0.4) is 0 Å². The predicted octanol–water partition coefficient (Wildman–Crippen LogP) is 7.44. The van der Waals surface area contributed by atoms with Gasteiger partial charge >= 0.3 is 0 Å². The topological polar surface area (TPSA) is 28.7 Å². The number of aryl methyl sites for hydroxylation is 3. The molecule has 1 aromatic heterocycles. The van der Waals surface area contributed by atoms with E-state index in [4.69, 9.17) is 0 Å². The third-order valence-electron chi connectivity index (χ3n) is 5.19. The van der Waals surface area contributed by atoms with Crippen LogP contribution in [0.15, 0.2) is 0 Å². The summed E-state index contributed by atoms with van der Waals surface area (Å²) in [6.07, 6.45) is 22.5. The van der Waals surface area contributed by atoms with Crippen molar-refractivity contribution < 1.29 is 0 Å². The van der Waals surface area contributed by atoms with E-state index in [2.05, 4.69) is 30.7 Å². The van der Waals surface area contributed by atoms with Crippen LogP contribution >= 0.6 is 0 Å². The molecule has 0 bridgehead atoms. The van der Waals surface area contributed by atoms with Crippen LogP contribution in [0.4, 0.5) is 0 Å². The molecule has 2 nitrogen and oxygen atoms in total. The highest BCUT2D eigenvalue weighted by atomic mass is 14.9. The maximum atomic E-state index is 4.56. The lowest BCUT2D eigenvalue weighted by atomic mass is 10.0. The molecule has 0 saturated heterocycles. The Bertz CT molecular complexity index is 375. The summed E-state index contributed by atoms with van der Waals surface area (Å²) in [5.41, 5.74) is 2.39. The van der Waals surface area contributed by atoms with Crippen LogP contribution in [-0.2, 0) is 6.42 Å². The van der Waals surface area contributed by atoms with Crippen LogP contribution in [0, 0.1) is 13.8 Å². The van der Waals surface area contributed by atoms with Gasteiger partial charge in [-0.25, -0.2) is 4.98 Å². The number of aromatic nitrogens is 2. The number of hydrogen-bond acceptors (Lipinski definition) is 1. The molecule has 140 valence electrons. The van der Waals surface area contributed by atoms with E-state index in [0.717, 1.165) is 12.1 Å². The average Bonchev–Trinajstić information content (AvgIpc) is 2.89. The van der Waals surface area contributed by atoms with Gasteiger partial charge in [0.2, 0.25) is 0 Å². The van der Waals surface area contributed by atoms with Gasteiger partial charge in [-0.3, -0.25) is 0 Å². The van der Waals surface area contributed by atoms with Crippen molar-refractivity contribution in [2.24, 2.45) is 0 Å². The Morgan fingerprint density at radius 2 is 1.04 bits per heavy atom. The van der Waals surface area contributed by atoms with E-state index in [1.54, 1.807) is 0 Å². The molecule has 0 atom stereocenters. The van der Waals surface area contributed by atoms with Crippen LogP contribution in [-0.4, -0.2) is 9.97 Å². The first kappa shape index (κ1) is 21.3. The molecule has 0 aliphatic rings. The zero-order valence-electron chi connectivity index (χ0n) is 16.8. The predicted molar refractivity (Wildman–Crippen MR) is 107 cm³/mol. The van der Waals surface area contributed by atoms with E-state index in [1.165, 1.54) is 108 Å². The van der Waals surface area contributed by atoms with E-state index >= 15 is 0 Å². The van der Waals surface area contributed by atoms with Crippen molar-refractivity contribution in [3.63, 3.8) is 0 Å². The van der Waals surface area contributed by atoms with Gasteiger partial charge in [0, 0.05) is 12.1 Å². The molecule has 0 unspecified atom stereocenters. The lowest BCUT2D eigenvalue weighted by molar-refractivity contribution is 0.531. The zero-order valence-corrected chi connectivity index (χ0v) is 16.8. The summed E-state index contributed by atoms with van der Waals surface area (Å²) in [4.78, 5) is 7.94. The SMILES string of the molecule is CCCCCCCCCCCCCCCCCc1nc(C)c(C)[nH]1. The summed E-state index contributed by atoms with van der Waals surface area (Å²) in [5.74, 6) is 1.18. The highest BCUT2D eigenvalue weighted by Crippen LogP contribution is 2.14. The van der Waals surface area contributed by atoms with Crippen molar-refractivity contribution in [2.45, 2.75) is 124 Å². The van der Waals surface area contributed by atoms with Crippen LogP contribution in [0.1, 0.15) is 120 Å². The van der Waals surface area contributed by atoms with Crippen molar-refractivity contribution >= 4 is 0 Å². The third kappa shape index (κ3) is 10.9. The first-order valence-electron chi connectivity index (χ1n) is 10.8. The van der Waals surface area contributed by atoms with E-state index in [0.29, 0.717) is 0 Å². The van der Waals surface area contributed by atoms with Crippen LogP contribution in [0.5, 0.6) is 0 Å². The van der Waals surface area contributed by atoms with Gasteiger partial charge < -0.3 is 4.98 Å². The van der Waals surface area contributed by atoms with Crippen molar-refractivity contribution in [1.82, 2.24) is 9.97 Å². The second kappa shape index (κ2) is 14.5. The molecule has 1 aromatic rings. The molecule has 2 heteroatoms. The molecule has 1 N–H and O–H groups in total. The Morgan fingerprint density at radius 1 is 0.625 bits per heavy atom. The maximum Gasteiger partial charge on any atom is 0.106 e. The third-order valence-corrected chi connectivity index (χ3v) is 5.19. The smallest absolute Gasteiger partial charge is 0.106 e. The summed E-state index contributed by atoms with van der Waals surface area (Å²) in [5, 5.41) is 0. The highest BCUT2D eigenvalue weighted by Gasteiger charge is 2.01. The summed E-state index contributed by atoms with van der Waals surface area (Å²) < 4.78 is 0. The van der Waals surface area contributed by atoms with Gasteiger partial charge in [-0.2, -0.15) is 0 Å². The number of H-pyrrole nitrogens is 1. The first-order valence-corrected chi connectivity index (χ1v) is 10.8. The van der Waals surface area contributed by atoms with E-state index < -0.39 is 0 Å². The maximum absolute atomic E-state index is 4.56. The molecular formula is C22H42N2. The summed E-state index contributed by atoms with van der Waals surface area (Å²) >= 11 is 0. The monoisotopic (exact) mass is 334 g/mol. The fourth-order valence-corrected chi connectivity index (χ4v) is 3.40. The molecule has 0 amide bonds. The van der Waals surface area contributed by atoms with Gasteiger partial charge in [0.05, 0.1) is 5.69 Å². The fourth-order valence-electron chi connectivity index (χ4n) is 3.40. The van der Waals surface area contributed by atoms with Crippen molar-refractivity contribution in [3.05, 3.63) is 17.2 Å². The largest absolute Gasteiger partial charge is 0.346 e. The van der Waals surface area contributed by atoms with Crippen LogP contribution in [0.2, 0.25) is 0 Å². The van der Waals surface area contributed by atoms with Crippen molar-refractivity contribution in [1.29, 1.82) is 0 Å². The molecule has 24 heavy (non-hydrogen) atoms. The second-order valence-corrected chi connectivity index (χ2v) is 7.59. The molecule has 0 aliphatic heterocycles. The van der Waals surface area contributed by atoms with Crippen molar-refractivity contribution in [2.75, 3.05) is 0 Å². The Hall–Kier alpha value is -0.790. The van der Waals surface area contributed by atoms with Crippen LogP contribution < -0.4 is 0 Å². The Balaban J connectivity index is 1.76. The molecule has 0 aromatic carbocycles. The molecule has 0 aliphatic carbocycles. The van der Waals surface area contributed by atoms with E-state index in [1.807, 2.05) is 0 Å². The summed E-state index contributed by atoms with van der Waals surface area (Å²) in [6, 6.07) is 0. The zero-order chi connectivity index (χ0) is 17.5. The Kier molecular flexibility index (Phi) is 12.9. The Labute approximate surface area is 151 Å². The Morgan fingerprint density at radius 3 is 1.42 bits per heavy atom. The fraction of sp³-hybridized carbons (Fsp3) is 0.864. The van der Waals surface area contributed by atoms with Gasteiger partial charge in [-0.1, -0.05) is 96.8 Å². The number of rotatable bonds is 16. The number of imidazole rings is 1. The normalized spacial score (nSPS) is 11.3. The quantitative estimate of drug-likeness (QED) is 0.313. The molecule has 0 fully saturated rings. The first-order chi connectivity index (χ1) is 11.7. The van der Waals surface area contributed by atoms with Gasteiger partial charge in [0.25, 0.3) is 0 Å². The standard InChI is InChI=1S/C22H42N2/c1-4-5-6-7-8-9-10-11-12-13-14-15-16-17-18-19-22-23-20(2)21(3)24-22/h4-19H2,1-3H3,(H,23,24). The van der Waals surface area contributed by atoms with Gasteiger partial charge in [-0.05, 0) is 20.3 Å². The van der Waals surface area contributed by atoms with Crippen molar-refractivity contribution in [3.8, 4) is 0 Å². The molecular weight excluding hydrogens is 292 g/mol. The van der Waals surface area contributed by atoms with Gasteiger partial charge in [-0.15, -0.1) is 0 Å². The minimum absolute atomic E-state index is 1.12. The second-order valence-electron chi connectivity index (χ2n) is 7.59. The average molecular weight is 335 g/mol. The summed E-state index contributed by atoms with van der Waals surface area (Å²) in [6.45, 7) is 6.49. The van der Waals surface area contributed by atoms with Crippen LogP contribution in [0.25, 0.3) is 0 Å². The number of aromatic amines is 1. The lowest BCUT2D eigenvalue weighted by Crippen LogP contribution is -1.89. The molecule has 0 radical (unpaired) electrons. The van der Waals surface area contributed by atoms with E-state index in [9.17, 15) is 0 Å². The molecule has 0 spiro atoms. The van der Waals surface area contributed by atoms with Gasteiger partial charge in [0.1, 0.15) is 5.82 Å². The molecule has 1 heterocycles. The van der Waals surface area contributed by atoms with Gasteiger partial charge in [0.15, 0.2) is 0 Å². The highest BCUT2D eigenvalue weighted by molar-refractivity contribution is 5.10. The number of hydrogen-bond donors (Lipinski definition) is 1.